The molecule has 2 atom stereocenters. The number of thiocarbonyl (C=S) groups is 1. The van der Waals surface area contributed by atoms with E-state index in [0.29, 0.717) is 12.0 Å². The molecule has 128 valence electrons. The fourth-order valence-electron chi connectivity index (χ4n) is 3.11. The maximum atomic E-state index is 5.42. The molecule has 1 saturated carbocycles. The summed E-state index contributed by atoms with van der Waals surface area (Å²) in [5.74, 6) is 2.23. The minimum absolute atomic E-state index is 0.518. The minimum Gasteiger partial charge on any atom is -0.493 e. The molecule has 1 aromatic carbocycles. The van der Waals surface area contributed by atoms with Gasteiger partial charge in [-0.2, -0.15) is 0 Å². The Morgan fingerprint density at radius 2 is 1.91 bits per heavy atom. The average molecular weight is 337 g/mol. The minimum atomic E-state index is 0.518. The van der Waals surface area contributed by atoms with Crippen molar-refractivity contribution < 1.29 is 9.47 Å². The first kappa shape index (κ1) is 17.9. The van der Waals surface area contributed by atoms with Crippen LogP contribution in [0.2, 0.25) is 0 Å². The van der Waals surface area contributed by atoms with E-state index >= 15 is 0 Å². The van der Waals surface area contributed by atoms with Crippen LogP contribution in [0.25, 0.3) is 0 Å². The summed E-state index contributed by atoms with van der Waals surface area (Å²) in [5.41, 5.74) is 1.20. The molecule has 0 spiro atoms. The van der Waals surface area contributed by atoms with E-state index in [1.54, 1.807) is 14.2 Å². The smallest absolute Gasteiger partial charge is 0.166 e. The van der Waals surface area contributed by atoms with Crippen LogP contribution in [-0.2, 0) is 6.42 Å². The van der Waals surface area contributed by atoms with Crippen LogP contribution in [0.15, 0.2) is 18.2 Å². The Labute approximate surface area is 144 Å². The first-order valence-electron chi connectivity index (χ1n) is 8.39. The molecule has 5 heteroatoms. The molecule has 0 radical (unpaired) electrons. The molecule has 1 aliphatic rings. The summed E-state index contributed by atoms with van der Waals surface area (Å²) in [4.78, 5) is 0. The third kappa shape index (κ3) is 5.27. The number of hydrogen-bond acceptors (Lipinski definition) is 3. The number of nitrogens with one attached hydrogen (secondary N) is 2. The van der Waals surface area contributed by atoms with E-state index in [9.17, 15) is 0 Å². The Morgan fingerprint density at radius 1 is 1.17 bits per heavy atom. The molecule has 0 saturated heterocycles. The van der Waals surface area contributed by atoms with E-state index in [1.165, 1.54) is 31.2 Å². The maximum Gasteiger partial charge on any atom is 0.166 e. The Bertz CT molecular complexity index is 522. The second-order valence-electron chi connectivity index (χ2n) is 6.21. The molecular formula is C18H28N2O2S. The molecule has 2 rings (SSSR count). The van der Waals surface area contributed by atoms with Gasteiger partial charge >= 0.3 is 0 Å². The Kier molecular flexibility index (Phi) is 6.96. The quantitative estimate of drug-likeness (QED) is 0.780. The summed E-state index contributed by atoms with van der Waals surface area (Å²) in [6.07, 6.45) is 6.06. The fraction of sp³-hybridized carbons (Fsp3) is 0.611. The zero-order chi connectivity index (χ0) is 16.7. The van der Waals surface area contributed by atoms with Crippen LogP contribution in [0, 0.1) is 5.92 Å². The highest BCUT2D eigenvalue weighted by Gasteiger charge is 2.21. The molecule has 0 amide bonds. The molecule has 1 aromatic rings. The van der Waals surface area contributed by atoms with Crippen LogP contribution in [-0.4, -0.2) is 31.9 Å². The normalized spacial score (nSPS) is 20.7. The van der Waals surface area contributed by atoms with Gasteiger partial charge in [0.25, 0.3) is 0 Å². The molecule has 0 aromatic heterocycles. The number of ether oxygens (including phenoxy) is 2. The molecule has 2 N–H and O–H groups in total. The van der Waals surface area contributed by atoms with Gasteiger partial charge in [-0.25, -0.2) is 0 Å². The first-order chi connectivity index (χ1) is 11.1. The summed E-state index contributed by atoms with van der Waals surface area (Å²) in [6, 6.07) is 6.53. The Balaban J connectivity index is 1.77. The van der Waals surface area contributed by atoms with Crippen LogP contribution in [0.1, 0.15) is 38.2 Å². The lowest BCUT2D eigenvalue weighted by molar-refractivity contribution is 0.308. The van der Waals surface area contributed by atoms with Gasteiger partial charge in [0.15, 0.2) is 16.6 Å². The van der Waals surface area contributed by atoms with E-state index in [4.69, 9.17) is 21.7 Å². The van der Waals surface area contributed by atoms with Crippen molar-refractivity contribution in [2.45, 2.75) is 45.1 Å². The van der Waals surface area contributed by atoms with Crippen LogP contribution >= 0.6 is 12.2 Å². The highest BCUT2D eigenvalue weighted by molar-refractivity contribution is 7.80. The predicted octanol–water partition coefficient (Wildman–Crippen LogP) is 3.29. The van der Waals surface area contributed by atoms with E-state index in [2.05, 4.69) is 23.6 Å². The molecule has 4 nitrogen and oxygen atoms in total. The second kappa shape index (κ2) is 8.96. The average Bonchev–Trinajstić information content (AvgIpc) is 2.56. The molecule has 0 aliphatic heterocycles. The first-order valence-corrected chi connectivity index (χ1v) is 8.80. The van der Waals surface area contributed by atoms with E-state index < -0.39 is 0 Å². The molecule has 0 heterocycles. The maximum absolute atomic E-state index is 5.42. The zero-order valence-corrected chi connectivity index (χ0v) is 15.2. The SMILES string of the molecule is COc1ccc(CCNC(=S)N[C@H]2CCCC[C@H]2C)cc1OC. The van der Waals surface area contributed by atoms with Gasteiger partial charge in [-0.15, -0.1) is 0 Å². The van der Waals surface area contributed by atoms with Gasteiger partial charge in [0.05, 0.1) is 14.2 Å². The van der Waals surface area contributed by atoms with Crippen LogP contribution in [0.4, 0.5) is 0 Å². The molecule has 1 aliphatic carbocycles. The van der Waals surface area contributed by atoms with Crippen LogP contribution < -0.4 is 20.1 Å². The summed E-state index contributed by atoms with van der Waals surface area (Å²) in [7, 11) is 3.31. The summed E-state index contributed by atoms with van der Waals surface area (Å²) in [6.45, 7) is 3.12. The number of hydrogen-bond donors (Lipinski definition) is 2. The van der Waals surface area contributed by atoms with Gasteiger partial charge in [-0.05, 0) is 55.1 Å². The highest BCUT2D eigenvalue weighted by atomic mass is 32.1. The van der Waals surface area contributed by atoms with Crippen molar-refractivity contribution in [3.63, 3.8) is 0 Å². The lowest BCUT2D eigenvalue weighted by Gasteiger charge is -2.30. The van der Waals surface area contributed by atoms with Crippen molar-refractivity contribution in [3.8, 4) is 11.5 Å². The summed E-state index contributed by atoms with van der Waals surface area (Å²) >= 11 is 5.42. The molecule has 0 bridgehead atoms. The van der Waals surface area contributed by atoms with Crippen molar-refractivity contribution in [2.24, 2.45) is 5.92 Å². The molecular weight excluding hydrogens is 308 g/mol. The standard InChI is InChI=1S/C18H28N2O2S/c1-13-6-4-5-7-15(13)20-18(23)19-11-10-14-8-9-16(21-2)17(12-14)22-3/h8-9,12-13,15H,4-7,10-11H2,1-3H3,(H2,19,20,23)/t13-,15+/m1/s1. The zero-order valence-electron chi connectivity index (χ0n) is 14.4. The topological polar surface area (TPSA) is 42.5 Å². The van der Waals surface area contributed by atoms with Gasteiger partial charge in [-0.3, -0.25) is 0 Å². The number of rotatable bonds is 6. The van der Waals surface area contributed by atoms with Crippen LogP contribution in [0.3, 0.4) is 0 Å². The number of benzene rings is 1. The summed E-state index contributed by atoms with van der Waals surface area (Å²) < 4.78 is 10.6. The third-order valence-electron chi connectivity index (χ3n) is 4.58. The summed E-state index contributed by atoms with van der Waals surface area (Å²) in [5, 5.41) is 7.55. The van der Waals surface area contributed by atoms with Gasteiger partial charge < -0.3 is 20.1 Å². The lowest BCUT2D eigenvalue weighted by atomic mass is 9.86. The van der Waals surface area contributed by atoms with Crippen molar-refractivity contribution in [2.75, 3.05) is 20.8 Å². The van der Waals surface area contributed by atoms with Crippen molar-refractivity contribution in [1.29, 1.82) is 0 Å². The van der Waals surface area contributed by atoms with E-state index in [0.717, 1.165) is 29.6 Å². The van der Waals surface area contributed by atoms with Crippen molar-refractivity contribution >= 4 is 17.3 Å². The van der Waals surface area contributed by atoms with Crippen molar-refractivity contribution in [1.82, 2.24) is 10.6 Å². The second-order valence-corrected chi connectivity index (χ2v) is 6.62. The largest absolute Gasteiger partial charge is 0.493 e. The molecule has 0 unspecified atom stereocenters. The molecule has 1 fully saturated rings. The lowest BCUT2D eigenvalue weighted by Crippen LogP contribution is -2.46. The van der Waals surface area contributed by atoms with Gasteiger partial charge in [0.1, 0.15) is 0 Å². The fourth-order valence-corrected chi connectivity index (χ4v) is 3.36. The number of methoxy groups -OCH3 is 2. The Morgan fingerprint density at radius 3 is 2.61 bits per heavy atom. The Hall–Kier alpha value is -1.49. The van der Waals surface area contributed by atoms with Crippen molar-refractivity contribution in [3.05, 3.63) is 23.8 Å². The van der Waals surface area contributed by atoms with E-state index in [-0.39, 0.29) is 0 Å². The third-order valence-corrected chi connectivity index (χ3v) is 4.84. The molecule has 23 heavy (non-hydrogen) atoms. The van der Waals surface area contributed by atoms with E-state index in [1.807, 2.05) is 12.1 Å². The van der Waals surface area contributed by atoms with Gasteiger partial charge in [-0.1, -0.05) is 25.8 Å². The van der Waals surface area contributed by atoms with Crippen LogP contribution in [0.5, 0.6) is 11.5 Å². The highest BCUT2D eigenvalue weighted by Crippen LogP contribution is 2.27. The monoisotopic (exact) mass is 336 g/mol. The van der Waals surface area contributed by atoms with Gasteiger partial charge in [0, 0.05) is 12.6 Å². The predicted molar refractivity (Wildman–Crippen MR) is 98.4 cm³/mol. The van der Waals surface area contributed by atoms with Gasteiger partial charge in [0.2, 0.25) is 0 Å².